The lowest BCUT2D eigenvalue weighted by Gasteiger charge is -2.29. The van der Waals surface area contributed by atoms with E-state index < -0.39 is 10.0 Å². The predicted molar refractivity (Wildman–Crippen MR) is 106 cm³/mol. The van der Waals surface area contributed by atoms with Crippen LogP contribution < -0.4 is 4.72 Å². The fourth-order valence-corrected chi connectivity index (χ4v) is 5.34. The van der Waals surface area contributed by atoms with Gasteiger partial charge < -0.3 is 10.0 Å². The Kier molecular flexibility index (Phi) is 6.18. The van der Waals surface area contributed by atoms with Crippen LogP contribution in [0.1, 0.15) is 30.2 Å². The summed E-state index contributed by atoms with van der Waals surface area (Å²) in [5.41, 5.74) is 1.30. The number of sulfonamides is 1. The molecule has 0 radical (unpaired) electrons. The van der Waals surface area contributed by atoms with Crippen LogP contribution in [0.2, 0.25) is 0 Å². The van der Waals surface area contributed by atoms with E-state index in [1.807, 2.05) is 13.0 Å². The minimum atomic E-state index is -3.59. The van der Waals surface area contributed by atoms with E-state index in [0.717, 1.165) is 16.9 Å². The first kappa shape index (κ1) is 19.9. The van der Waals surface area contributed by atoms with E-state index in [1.54, 1.807) is 35.2 Å². The highest BCUT2D eigenvalue weighted by atomic mass is 32.2. The average molecular weight is 409 g/mol. The maximum Gasteiger partial charge on any atom is 0.271 e. The molecule has 27 heavy (non-hydrogen) atoms. The van der Waals surface area contributed by atoms with Crippen LogP contribution in [0.25, 0.3) is 0 Å². The van der Waals surface area contributed by atoms with Gasteiger partial charge in [-0.25, -0.2) is 8.42 Å². The summed E-state index contributed by atoms with van der Waals surface area (Å²) in [6.07, 6.45) is 2.01. The minimum Gasteiger partial charge on any atom is -0.393 e. The van der Waals surface area contributed by atoms with Gasteiger partial charge in [0.25, 0.3) is 10.0 Å². The molecule has 2 aromatic rings. The number of nitrogens with one attached hydrogen (secondary N) is 1. The van der Waals surface area contributed by atoms with Crippen molar-refractivity contribution in [1.29, 1.82) is 0 Å². The third-order valence-corrected chi connectivity index (χ3v) is 7.73. The lowest BCUT2D eigenvalue weighted by Crippen LogP contribution is -2.40. The molecule has 1 aromatic heterocycles. The van der Waals surface area contributed by atoms with Crippen molar-refractivity contribution >= 4 is 33.0 Å². The molecular formula is C19H24N2O4S2. The van der Waals surface area contributed by atoms with Gasteiger partial charge in [-0.3, -0.25) is 9.52 Å². The molecule has 2 N–H and O–H groups in total. The summed E-state index contributed by atoms with van der Waals surface area (Å²) in [5.74, 6) is 0.0286. The third kappa shape index (κ3) is 5.09. The number of hydrogen-bond acceptors (Lipinski definition) is 5. The van der Waals surface area contributed by atoms with Gasteiger partial charge in [0.2, 0.25) is 5.91 Å². The van der Waals surface area contributed by atoms with E-state index in [2.05, 4.69) is 4.72 Å². The number of nitrogens with zero attached hydrogens (tertiary/aromatic N) is 1. The van der Waals surface area contributed by atoms with Gasteiger partial charge in [-0.1, -0.05) is 19.1 Å². The quantitative estimate of drug-likeness (QED) is 0.769. The summed E-state index contributed by atoms with van der Waals surface area (Å²) in [5, 5.41) is 9.53. The number of benzene rings is 1. The number of amides is 1. The van der Waals surface area contributed by atoms with Crippen LogP contribution in [0.5, 0.6) is 0 Å². The largest absolute Gasteiger partial charge is 0.393 e. The van der Waals surface area contributed by atoms with E-state index in [1.165, 1.54) is 11.3 Å². The van der Waals surface area contributed by atoms with Crippen LogP contribution in [-0.4, -0.2) is 43.5 Å². The first-order chi connectivity index (χ1) is 12.9. The van der Waals surface area contributed by atoms with Crippen molar-refractivity contribution in [3.8, 4) is 0 Å². The molecule has 0 unspecified atom stereocenters. The molecule has 0 saturated carbocycles. The van der Waals surface area contributed by atoms with Gasteiger partial charge in [0, 0.05) is 23.7 Å². The fraction of sp³-hybridized carbons (Fsp3) is 0.421. The molecule has 1 aliphatic heterocycles. The molecule has 2 heterocycles. The number of aliphatic hydroxyl groups is 1. The second-order valence-electron chi connectivity index (χ2n) is 6.67. The van der Waals surface area contributed by atoms with Crippen LogP contribution in [0.3, 0.4) is 0 Å². The third-order valence-electron chi connectivity index (χ3n) is 4.63. The van der Waals surface area contributed by atoms with Gasteiger partial charge in [-0.2, -0.15) is 0 Å². The first-order valence-electron chi connectivity index (χ1n) is 9.03. The smallest absolute Gasteiger partial charge is 0.271 e. The monoisotopic (exact) mass is 408 g/mol. The SMILES string of the molecule is CCc1ccc(S(=O)(=O)Nc2ccc(CC(=O)N3CCC(O)CC3)cc2)s1. The Morgan fingerprint density at radius 3 is 2.44 bits per heavy atom. The number of aryl methyl sites for hydroxylation is 1. The molecule has 146 valence electrons. The summed E-state index contributed by atoms with van der Waals surface area (Å²) in [4.78, 5) is 15.1. The highest BCUT2D eigenvalue weighted by Gasteiger charge is 2.21. The topological polar surface area (TPSA) is 86.7 Å². The second-order valence-corrected chi connectivity index (χ2v) is 9.74. The lowest BCUT2D eigenvalue weighted by atomic mass is 10.1. The molecule has 1 fully saturated rings. The van der Waals surface area contributed by atoms with E-state index in [-0.39, 0.29) is 18.4 Å². The average Bonchev–Trinajstić information content (AvgIpc) is 3.14. The maximum atomic E-state index is 12.4. The summed E-state index contributed by atoms with van der Waals surface area (Å²) in [7, 11) is -3.59. The Morgan fingerprint density at radius 1 is 1.19 bits per heavy atom. The van der Waals surface area contributed by atoms with Crippen molar-refractivity contribution in [2.45, 2.75) is 42.9 Å². The van der Waals surface area contributed by atoms with Crippen LogP contribution in [0, 0.1) is 0 Å². The zero-order valence-corrected chi connectivity index (χ0v) is 16.9. The predicted octanol–water partition coefficient (Wildman–Crippen LogP) is 2.64. The molecule has 1 aliphatic rings. The minimum absolute atomic E-state index is 0.0286. The molecule has 6 nitrogen and oxygen atoms in total. The Labute approximate surface area is 163 Å². The molecule has 8 heteroatoms. The second kappa shape index (κ2) is 8.41. The molecular weight excluding hydrogens is 384 g/mol. The normalized spacial score (nSPS) is 15.7. The summed E-state index contributed by atoms with van der Waals surface area (Å²) in [6, 6.07) is 10.3. The number of rotatable bonds is 6. The molecule has 1 saturated heterocycles. The zero-order valence-electron chi connectivity index (χ0n) is 15.2. The first-order valence-corrected chi connectivity index (χ1v) is 11.3. The molecule has 1 aromatic carbocycles. The molecule has 3 rings (SSSR count). The Hall–Kier alpha value is -1.90. The number of aliphatic hydroxyl groups excluding tert-OH is 1. The van der Waals surface area contributed by atoms with Crippen molar-refractivity contribution in [3.05, 3.63) is 46.8 Å². The fourth-order valence-electron chi connectivity index (χ4n) is 2.99. The van der Waals surface area contributed by atoms with Crippen LogP contribution in [0.4, 0.5) is 5.69 Å². The standard InChI is InChI=1S/C19H24N2O4S2/c1-2-17-7-8-19(26-17)27(24,25)20-15-5-3-14(4-6-15)13-18(23)21-11-9-16(22)10-12-21/h3-8,16,20,22H,2,9-13H2,1H3. The van der Waals surface area contributed by atoms with E-state index >= 15 is 0 Å². The number of likely N-dealkylation sites (tertiary alicyclic amines) is 1. The number of thiophene rings is 1. The van der Waals surface area contributed by atoms with Crippen LogP contribution in [0.15, 0.2) is 40.6 Å². The van der Waals surface area contributed by atoms with Crippen LogP contribution in [-0.2, 0) is 27.7 Å². The summed E-state index contributed by atoms with van der Waals surface area (Å²) < 4.78 is 27.8. The van der Waals surface area contributed by atoms with Gasteiger partial charge >= 0.3 is 0 Å². The van der Waals surface area contributed by atoms with Crippen molar-refractivity contribution in [2.75, 3.05) is 17.8 Å². The summed E-state index contributed by atoms with van der Waals surface area (Å²) >= 11 is 1.27. The zero-order chi connectivity index (χ0) is 19.4. The number of hydrogen-bond donors (Lipinski definition) is 2. The molecule has 1 amide bonds. The highest BCUT2D eigenvalue weighted by Crippen LogP contribution is 2.24. The Balaban J connectivity index is 1.60. The van der Waals surface area contributed by atoms with Gasteiger partial charge in [-0.15, -0.1) is 11.3 Å². The van der Waals surface area contributed by atoms with Crippen molar-refractivity contribution in [1.82, 2.24) is 4.90 Å². The molecule has 0 bridgehead atoms. The van der Waals surface area contributed by atoms with E-state index in [9.17, 15) is 18.3 Å². The Morgan fingerprint density at radius 2 is 1.85 bits per heavy atom. The number of carbonyl (C=O) groups excluding carboxylic acids is 1. The van der Waals surface area contributed by atoms with Gasteiger partial charge in [0.15, 0.2) is 0 Å². The van der Waals surface area contributed by atoms with Crippen LogP contribution >= 0.6 is 11.3 Å². The highest BCUT2D eigenvalue weighted by molar-refractivity contribution is 7.94. The van der Waals surface area contributed by atoms with Crippen molar-refractivity contribution < 1.29 is 18.3 Å². The lowest BCUT2D eigenvalue weighted by molar-refractivity contribution is -0.132. The van der Waals surface area contributed by atoms with Crippen molar-refractivity contribution in [3.63, 3.8) is 0 Å². The van der Waals surface area contributed by atoms with Gasteiger partial charge in [0.05, 0.1) is 12.5 Å². The molecule has 0 atom stereocenters. The Bertz CT molecular complexity index is 883. The van der Waals surface area contributed by atoms with Gasteiger partial charge in [-0.05, 0) is 49.1 Å². The van der Waals surface area contributed by atoms with Crippen molar-refractivity contribution in [2.24, 2.45) is 0 Å². The number of carbonyl (C=O) groups is 1. The summed E-state index contributed by atoms with van der Waals surface area (Å²) in [6.45, 7) is 3.15. The molecule has 0 spiro atoms. The maximum absolute atomic E-state index is 12.4. The van der Waals surface area contributed by atoms with E-state index in [4.69, 9.17) is 0 Å². The number of anilines is 1. The van der Waals surface area contributed by atoms with Gasteiger partial charge in [0.1, 0.15) is 4.21 Å². The number of piperidine rings is 1. The van der Waals surface area contributed by atoms with E-state index in [0.29, 0.717) is 35.8 Å². The molecule has 0 aliphatic carbocycles.